The number of aromatic carboxylic acids is 1. The number of carbonyl (C=O) groups excluding carboxylic acids is 1. The summed E-state index contributed by atoms with van der Waals surface area (Å²) in [6, 6.07) is 4.13. The van der Waals surface area contributed by atoms with E-state index in [1.165, 1.54) is 4.90 Å². The second-order valence-corrected chi connectivity index (χ2v) is 4.93. The van der Waals surface area contributed by atoms with Crippen LogP contribution in [0.2, 0.25) is 0 Å². The zero-order chi connectivity index (χ0) is 17.0. The highest BCUT2D eigenvalue weighted by atomic mass is 19.1. The Balaban J connectivity index is 2.24. The highest BCUT2D eigenvalue weighted by molar-refractivity contribution is 5.95. The molecule has 0 saturated carbocycles. The molecular weight excluding hydrogens is 308 g/mol. The first-order chi connectivity index (χ1) is 10.9. The van der Waals surface area contributed by atoms with Gasteiger partial charge in [-0.25, -0.2) is 13.6 Å². The van der Waals surface area contributed by atoms with Crippen molar-refractivity contribution in [2.24, 2.45) is 0 Å². The summed E-state index contributed by atoms with van der Waals surface area (Å²) in [7, 11) is 0. The van der Waals surface area contributed by atoms with Gasteiger partial charge < -0.3 is 10.0 Å². The molecule has 122 valence electrons. The molecule has 1 heterocycles. The van der Waals surface area contributed by atoms with Gasteiger partial charge in [-0.05, 0) is 24.6 Å². The molecule has 23 heavy (non-hydrogen) atoms. The van der Waals surface area contributed by atoms with Crippen LogP contribution >= 0.6 is 0 Å². The Hall–Kier alpha value is -2.77. The van der Waals surface area contributed by atoms with Crippen molar-refractivity contribution in [3.63, 3.8) is 0 Å². The molecule has 1 aromatic carbocycles. The zero-order valence-corrected chi connectivity index (χ0v) is 12.3. The minimum Gasteiger partial charge on any atom is -0.477 e. The van der Waals surface area contributed by atoms with Gasteiger partial charge in [-0.2, -0.15) is 5.10 Å². The largest absolute Gasteiger partial charge is 0.477 e. The highest BCUT2D eigenvalue weighted by Crippen LogP contribution is 2.15. The van der Waals surface area contributed by atoms with E-state index in [1.54, 1.807) is 0 Å². The third kappa shape index (κ3) is 3.91. The molecule has 1 amide bonds. The van der Waals surface area contributed by atoms with E-state index in [-0.39, 0.29) is 23.5 Å². The normalized spacial score (nSPS) is 10.6. The molecular formula is C15H15F2N3O3. The van der Waals surface area contributed by atoms with E-state index in [2.05, 4.69) is 10.2 Å². The van der Waals surface area contributed by atoms with E-state index in [1.807, 2.05) is 6.92 Å². The quantitative estimate of drug-likeness (QED) is 0.855. The minimum absolute atomic E-state index is 0.0424. The number of hydrogen-bond acceptors (Lipinski definition) is 3. The summed E-state index contributed by atoms with van der Waals surface area (Å²) < 4.78 is 27.0. The fourth-order valence-corrected chi connectivity index (χ4v) is 2.10. The van der Waals surface area contributed by atoms with E-state index in [4.69, 9.17) is 5.11 Å². The molecule has 0 aliphatic carbocycles. The van der Waals surface area contributed by atoms with Crippen LogP contribution in [0.5, 0.6) is 0 Å². The van der Waals surface area contributed by atoms with Crippen molar-refractivity contribution in [3.8, 4) is 0 Å². The summed E-state index contributed by atoms with van der Waals surface area (Å²) >= 11 is 0. The number of carboxylic acid groups (broad SMARTS) is 1. The summed E-state index contributed by atoms with van der Waals surface area (Å²) in [6.45, 7) is 1.99. The van der Waals surface area contributed by atoms with Crippen molar-refractivity contribution in [2.45, 2.75) is 19.9 Å². The lowest BCUT2D eigenvalue weighted by atomic mass is 10.1. The monoisotopic (exact) mass is 323 g/mol. The van der Waals surface area contributed by atoms with Crippen molar-refractivity contribution < 1.29 is 23.5 Å². The average molecular weight is 323 g/mol. The van der Waals surface area contributed by atoms with E-state index in [0.717, 1.165) is 24.3 Å². The molecule has 0 unspecified atom stereocenters. The van der Waals surface area contributed by atoms with Crippen molar-refractivity contribution in [1.29, 1.82) is 0 Å². The van der Waals surface area contributed by atoms with Crippen molar-refractivity contribution >= 4 is 11.9 Å². The van der Waals surface area contributed by atoms with Crippen LogP contribution in [0.3, 0.4) is 0 Å². The van der Waals surface area contributed by atoms with Gasteiger partial charge >= 0.3 is 5.97 Å². The second-order valence-electron chi connectivity index (χ2n) is 4.93. The molecule has 0 fully saturated rings. The van der Waals surface area contributed by atoms with Crippen molar-refractivity contribution in [2.75, 3.05) is 6.54 Å². The Morgan fingerprint density at radius 1 is 1.30 bits per heavy atom. The summed E-state index contributed by atoms with van der Waals surface area (Å²) in [4.78, 5) is 24.5. The predicted octanol–water partition coefficient (Wildman–Crippen LogP) is 2.44. The first-order valence-electron chi connectivity index (χ1n) is 6.94. The minimum atomic E-state index is -1.24. The number of nitrogens with one attached hydrogen (secondary N) is 1. The first-order valence-corrected chi connectivity index (χ1v) is 6.94. The van der Waals surface area contributed by atoms with Crippen LogP contribution in [0.15, 0.2) is 24.3 Å². The number of carbonyl (C=O) groups is 2. The Bertz CT molecular complexity index is 731. The average Bonchev–Trinajstić information content (AvgIpc) is 3.00. The summed E-state index contributed by atoms with van der Waals surface area (Å²) in [6.07, 6.45) is 0.596. The fraction of sp³-hybridized carbons (Fsp3) is 0.267. The van der Waals surface area contributed by atoms with Crippen LogP contribution in [0.4, 0.5) is 8.78 Å². The zero-order valence-electron chi connectivity index (χ0n) is 12.3. The van der Waals surface area contributed by atoms with E-state index in [9.17, 15) is 18.4 Å². The summed E-state index contributed by atoms with van der Waals surface area (Å²) in [5.74, 6) is -3.01. The number of amides is 1. The van der Waals surface area contributed by atoms with Crippen molar-refractivity contribution in [3.05, 3.63) is 52.9 Å². The maximum atomic E-state index is 13.7. The number of halogens is 2. The van der Waals surface area contributed by atoms with Crippen molar-refractivity contribution in [1.82, 2.24) is 15.1 Å². The highest BCUT2D eigenvalue weighted by Gasteiger charge is 2.21. The predicted molar refractivity (Wildman–Crippen MR) is 76.9 cm³/mol. The van der Waals surface area contributed by atoms with Gasteiger partial charge in [-0.3, -0.25) is 9.89 Å². The lowest BCUT2D eigenvalue weighted by Gasteiger charge is -2.21. The number of aromatic nitrogens is 2. The van der Waals surface area contributed by atoms with E-state index in [0.29, 0.717) is 13.0 Å². The maximum Gasteiger partial charge on any atom is 0.353 e. The first kappa shape index (κ1) is 16.6. The number of hydrogen-bond donors (Lipinski definition) is 2. The molecule has 6 nitrogen and oxygen atoms in total. The molecule has 2 N–H and O–H groups in total. The van der Waals surface area contributed by atoms with Gasteiger partial charge in [0.05, 0.1) is 0 Å². The molecule has 1 aromatic heterocycles. The maximum absolute atomic E-state index is 13.7. The molecule has 0 radical (unpaired) electrons. The molecule has 0 bridgehead atoms. The van der Waals surface area contributed by atoms with E-state index >= 15 is 0 Å². The van der Waals surface area contributed by atoms with Crippen LogP contribution in [0.25, 0.3) is 0 Å². The molecule has 0 spiro atoms. The number of nitrogens with zero attached hydrogens (tertiary/aromatic N) is 2. The van der Waals surface area contributed by atoms with Crippen LogP contribution in [-0.2, 0) is 6.54 Å². The van der Waals surface area contributed by atoms with Gasteiger partial charge in [0, 0.05) is 24.7 Å². The van der Waals surface area contributed by atoms with Gasteiger partial charge in [0.15, 0.2) is 5.69 Å². The SMILES string of the molecule is CCCN(Cc1cc(F)ccc1F)C(=O)c1cc(C(=O)O)[nH]n1. The smallest absolute Gasteiger partial charge is 0.353 e. The lowest BCUT2D eigenvalue weighted by molar-refractivity contribution is 0.0689. The Labute approximate surface area is 130 Å². The van der Waals surface area contributed by atoms with Crippen LogP contribution in [0.1, 0.15) is 39.9 Å². The standard InChI is InChI=1S/C15H15F2N3O3/c1-2-5-20(8-9-6-10(16)3-4-11(9)17)14(21)12-7-13(15(22)23)19-18-12/h3-4,6-7H,2,5,8H2,1H3,(H,18,19)(H,22,23). The van der Waals surface area contributed by atoms with Gasteiger partial charge in [-0.1, -0.05) is 6.92 Å². The van der Waals surface area contributed by atoms with Crippen LogP contribution in [-0.4, -0.2) is 38.6 Å². The van der Waals surface area contributed by atoms with Crippen LogP contribution < -0.4 is 0 Å². The lowest BCUT2D eigenvalue weighted by Crippen LogP contribution is -2.32. The fourth-order valence-electron chi connectivity index (χ4n) is 2.10. The van der Waals surface area contributed by atoms with Gasteiger partial charge in [-0.15, -0.1) is 0 Å². The van der Waals surface area contributed by atoms with Crippen LogP contribution in [0, 0.1) is 11.6 Å². The van der Waals surface area contributed by atoms with E-state index < -0.39 is 23.5 Å². The molecule has 2 aromatic rings. The number of carboxylic acids is 1. The third-order valence-electron chi connectivity index (χ3n) is 3.18. The number of H-pyrrole nitrogens is 1. The summed E-state index contributed by atoms with van der Waals surface area (Å²) in [5, 5.41) is 14.7. The number of aromatic amines is 1. The topological polar surface area (TPSA) is 86.3 Å². The summed E-state index contributed by atoms with van der Waals surface area (Å²) in [5.41, 5.74) is -0.268. The Morgan fingerprint density at radius 3 is 2.65 bits per heavy atom. The second kappa shape index (κ2) is 6.99. The molecule has 0 aliphatic heterocycles. The molecule has 2 rings (SSSR count). The Morgan fingerprint density at radius 2 is 2.04 bits per heavy atom. The van der Waals surface area contributed by atoms with Gasteiger partial charge in [0.1, 0.15) is 17.3 Å². The molecule has 0 atom stereocenters. The third-order valence-corrected chi connectivity index (χ3v) is 3.18. The number of rotatable bonds is 6. The van der Waals surface area contributed by atoms with Gasteiger partial charge in [0.25, 0.3) is 5.91 Å². The molecule has 0 aliphatic rings. The Kier molecular flexibility index (Phi) is 5.05. The van der Waals surface area contributed by atoms with Gasteiger partial charge in [0.2, 0.25) is 0 Å². The molecule has 8 heteroatoms. The molecule has 0 saturated heterocycles. The number of benzene rings is 1.